The number of pyridine rings is 1. The summed E-state index contributed by atoms with van der Waals surface area (Å²) in [5, 5.41) is 3.58. The molecule has 0 aliphatic carbocycles. The number of aryl methyl sites for hydroxylation is 3. The van der Waals surface area contributed by atoms with Gasteiger partial charge < -0.3 is 5.32 Å². The number of nitrogens with one attached hydrogen (secondary N) is 1. The van der Waals surface area contributed by atoms with Crippen LogP contribution in [0.4, 0.5) is 0 Å². The molecule has 0 radical (unpaired) electrons. The molecule has 1 heterocycles. The van der Waals surface area contributed by atoms with Gasteiger partial charge in [0.25, 0.3) is 0 Å². The first kappa shape index (κ1) is 14.7. The van der Waals surface area contributed by atoms with Crippen LogP contribution < -0.4 is 5.32 Å². The van der Waals surface area contributed by atoms with Crippen LogP contribution in [0.2, 0.25) is 0 Å². The van der Waals surface area contributed by atoms with Gasteiger partial charge >= 0.3 is 0 Å². The highest BCUT2D eigenvalue weighted by Gasteiger charge is 2.08. The van der Waals surface area contributed by atoms with Gasteiger partial charge in [0.1, 0.15) is 0 Å². The summed E-state index contributed by atoms with van der Waals surface area (Å²) in [7, 11) is 0. The zero-order chi connectivity index (χ0) is 14.5. The lowest BCUT2D eigenvalue weighted by atomic mass is 10.0. The fourth-order valence-electron chi connectivity index (χ4n) is 2.58. The summed E-state index contributed by atoms with van der Waals surface area (Å²) in [4.78, 5) is 4.49. The summed E-state index contributed by atoms with van der Waals surface area (Å²) in [6.45, 7) is 9.50. The topological polar surface area (TPSA) is 24.9 Å². The standard InChI is InChI=1S/C18H24N2/c1-5-16-7-6-8-19-18(16)12-20-15(4)17-10-13(2)9-14(3)11-17/h6-11,15,20H,5,12H2,1-4H3. The molecule has 1 atom stereocenters. The van der Waals surface area contributed by atoms with E-state index < -0.39 is 0 Å². The smallest absolute Gasteiger partial charge is 0.0573 e. The summed E-state index contributed by atoms with van der Waals surface area (Å²) in [5.41, 5.74) is 6.47. The van der Waals surface area contributed by atoms with Crippen molar-refractivity contribution in [1.82, 2.24) is 10.3 Å². The number of benzene rings is 1. The molecule has 1 aromatic heterocycles. The molecule has 20 heavy (non-hydrogen) atoms. The number of hydrogen-bond donors (Lipinski definition) is 1. The Labute approximate surface area is 122 Å². The lowest BCUT2D eigenvalue weighted by molar-refractivity contribution is 0.564. The lowest BCUT2D eigenvalue weighted by Crippen LogP contribution is -2.20. The third kappa shape index (κ3) is 3.67. The zero-order valence-electron chi connectivity index (χ0n) is 12.9. The highest BCUT2D eigenvalue weighted by molar-refractivity contribution is 5.30. The molecule has 0 saturated carbocycles. The average Bonchev–Trinajstić information content (AvgIpc) is 2.44. The minimum Gasteiger partial charge on any atom is -0.305 e. The Morgan fingerprint density at radius 1 is 1.15 bits per heavy atom. The summed E-state index contributed by atoms with van der Waals surface area (Å²) in [6, 6.07) is 11.2. The van der Waals surface area contributed by atoms with Crippen molar-refractivity contribution in [3.63, 3.8) is 0 Å². The van der Waals surface area contributed by atoms with Crippen LogP contribution in [0.5, 0.6) is 0 Å². The first-order chi connectivity index (χ1) is 9.60. The van der Waals surface area contributed by atoms with Crippen LogP contribution in [-0.4, -0.2) is 4.98 Å². The van der Waals surface area contributed by atoms with Crippen molar-refractivity contribution in [1.29, 1.82) is 0 Å². The Hall–Kier alpha value is -1.67. The Balaban J connectivity index is 2.06. The molecule has 1 unspecified atom stereocenters. The Morgan fingerprint density at radius 3 is 2.50 bits per heavy atom. The maximum absolute atomic E-state index is 4.49. The normalized spacial score (nSPS) is 12.4. The molecule has 0 aliphatic heterocycles. The van der Waals surface area contributed by atoms with E-state index in [1.807, 2.05) is 12.3 Å². The molecule has 0 spiro atoms. The monoisotopic (exact) mass is 268 g/mol. The van der Waals surface area contributed by atoms with Crippen LogP contribution in [0.3, 0.4) is 0 Å². The van der Waals surface area contributed by atoms with Gasteiger partial charge in [-0.1, -0.05) is 42.3 Å². The fraction of sp³-hybridized carbons (Fsp3) is 0.389. The van der Waals surface area contributed by atoms with Crippen LogP contribution in [0.15, 0.2) is 36.5 Å². The number of nitrogens with zero attached hydrogens (tertiary/aromatic N) is 1. The molecule has 2 nitrogen and oxygen atoms in total. The molecule has 1 N–H and O–H groups in total. The van der Waals surface area contributed by atoms with E-state index in [4.69, 9.17) is 0 Å². The molecule has 0 aliphatic rings. The van der Waals surface area contributed by atoms with Crippen LogP contribution >= 0.6 is 0 Å². The van der Waals surface area contributed by atoms with Gasteiger partial charge in [-0.25, -0.2) is 0 Å². The highest BCUT2D eigenvalue weighted by atomic mass is 14.9. The Bertz CT molecular complexity index is 555. The molecule has 106 valence electrons. The second kappa shape index (κ2) is 6.67. The van der Waals surface area contributed by atoms with Gasteiger partial charge in [-0.15, -0.1) is 0 Å². The fourth-order valence-corrected chi connectivity index (χ4v) is 2.58. The first-order valence-electron chi connectivity index (χ1n) is 7.34. The largest absolute Gasteiger partial charge is 0.305 e. The molecular formula is C18H24N2. The van der Waals surface area contributed by atoms with Crippen LogP contribution in [0.1, 0.15) is 47.8 Å². The number of aromatic nitrogens is 1. The molecule has 2 rings (SSSR count). The van der Waals surface area contributed by atoms with Crippen LogP contribution in [0.25, 0.3) is 0 Å². The van der Waals surface area contributed by atoms with E-state index in [2.05, 4.69) is 62.3 Å². The van der Waals surface area contributed by atoms with Crippen molar-refractivity contribution in [2.24, 2.45) is 0 Å². The van der Waals surface area contributed by atoms with Crippen LogP contribution in [-0.2, 0) is 13.0 Å². The number of rotatable bonds is 5. The van der Waals surface area contributed by atoms with Gasteiger partial charge in [0.15, 0.2) is 0 Å². The predicted molar refractivity (Wildman–Crippen MR) is 84.8 cm³/mol. The van der Waals surface area contributed by atoms with Gasteiger partial charge in [0.05, 0.1) is 5.69 Å². The molecule has 2 heteroatoms. The Morgan fingerprint density at radius 2 is 1.85 bits per heavy atom. The number of hydrogen-bond acceptors (Lipinski definition) is 2. The average molecular weight is 268 g/mol. The van der Waals surface area contributed by atoms with E-state index in [0.29, 0.717) is 6.04 Å². The second-order valence-corrected chi connectivity index (χ2v) is 5.49. The van der Waals surface area contributed by atoms with Crippen molar-refractivity contribution in [2.45, 2.75) is 46.7 Å². The minimum absolute atomic E-state index is 0.334. The molecule has 0 bridgehead atoms. The van der Waals surface area contributed by atoms with E-state index in [-0.39, 0.29) is 0 Å². The van der Waals surface area contributed by atoms with Crippen molar-refractivity contribution in [2.75, 3.05) is 0 Å². The van der Waals surface area contributed by atoms with Gasteiger partial charge in [-0.3, -0.25) is 4.98 Å². The zero-order valence-corrected chi connectivity index (χ0v) is 12.9. The van der Waals surface area contributed by atoms with Crippen molar-refractivity contribution in [3.8, 4) is 0 Å². The third-order valence-electron chi connectivity index (χ3n) is 3.69. The Kier molecular flexibility index (Phi) is 4.91. The van der Waals surface area contributed by atoms with Gasteiger partial charge in [-0.2, -0.15) is 0 Å². The molecule has 2 aromatic rings. The van der Waals surface area contributed by atoms with Crippen molar-refractivity contribution in [3.05, 3.63) is 64.5 Å². The summed E-state index contributed by atoms with van der Waals surface area (Å²) < 4.78 is 0. The lowest BCUT2D eigenvalue weighted by Gasteiger charge is -2.16. The summed E-state index contributed by atoms with van der Waals surface area (Å²) in [5.74, 6) is 0. The summed E-state index contributed by atoms with van der Waals surface area (Å²) >= 11 is 0. The molecule has 0 fully saturated rings. The third-order valence-corrected chi connectivity index (χ3v) is 3.69. The predicted octanol–water partition coefficient (Wildman–Crippen LogP) is 4.11. The van der Waals surface area contributed by atoms with E-state index in [0.717, 1.165) is 18.7 Å². The molecular weight excluding hydrogens is 244 g/mol. The highest BCUT2D eigenvalue weighted by Crippen LogP contribution is 2.17. The second-order valence-electron chi connectivity index (χ2n) is 5.49. The molecule has 0 saturated heterocycles. The van der Waals surface area contributed by atoms with E-state index in [9.17, 15) is 0 Å². The van der Waals surface area contributed by atoms with Crippen molar-refractivity contribution < 1.29 is 0 Å². The van der Waals surface area contributed by atoms with E-state index >= 15 is 0 Å². The van der Waals surface area contributed by atoms with Gasteiger partial charge in [0.2, 0.25) is 0 Å². The maximum Gasteiger partial charge on any atom is 0.0573 e. The first-order valence-corrected chi connectivity index (χ1v) is 7.34. The maximum atomic E-state index is 4.49. The van der Waals surface area contributed by atoms with E-state index in [1.54, 1.807) is 0 Å². The van der Waals surface area contributed by atoms with Crippen LogP contribution in [0, 0.1) is 13.8 Å². The molecule has 1 aromatic carbocycles. The molecule has 0 amide bonds. The van der Waals surface area contributed by atoms with Gasteiger partial charge in [0, 0.05) is 18.8 Å². The van der Waals surface area contributed by atoms with Crippen molar-refractivity contribution >= 4 is 0 Å². The quantitative estimate of drug-likeness (QED) is 0.882. The summed E-state index contributed by atoms with van der Waals surface area (Å²) in [6.07, 6.45) is 2.90. The van der Waals surface area contributed by atoms with E-state index in [1.165, 1.54) is 22.3 Å². The minimum atomic E-state index is 0.334. The SMILES string of the molecule is CCc1cccnc1CNC(C)c1cc(C)cc(C)c1. The van der Waals surface area contributed by atoms with Gasteiger partial charge in [-0.05, 0) is 44.4 Å².